The summed E-state index contributed by atoms with van der Waals surface area (Å²) in [7, 11) is 0. The summed E-state index contributed by atoms with van der Waals surface area (Å²) in [5, 5.41) is 0. The highest BCUT2D eigenvalue weighted by molar-refractivity contribution is 9.10. The predicted molar refractivity (Wildman–Crippen MR) is 49.2 cm³/mol. The summed E-state index contributed by atoms with van der Waals surface area (Å²) in [6.07, 6.45) is 3.53. The van der Waals surface area contributed by atoms with Crippen LogP contribution in [0, 0.1) is 0 Å². The molecule has 0 saturated heterocycles. The maximum Gasteiger partial charge on any atom is 0.0410 e. The van der Waals surface area contributed by atoms with Crippen molar-refractivity contribution < 1.29 is 0 Å². The fourth-order valence-corrected chi connectivity index (χ4v) is 1.13. The van der Waals surface area contributed by atoms with Gasteiger partial charge in [-0.25, -0.2) is 0 Å². The van der Waals surface area contributed by atoms with Crippen LogP contribution >= 0.6 is 15.9 Å². The third-order valence-electron chi connectivity index (χ3n) is 1.45. The van der Waals surface area contributed by atoms with E-state index in [1.807, 2.05) is 19.9 Å². The van der Waals surface area contributed by atoms with Crippen LogP contribution in [0.15, 0.2) is 22.9 Å². The van der Waals surface area contributed by atoms with E-state index in [0.717, 1.165) is 10.0 Å². The quantitative estimate of drug-likeness (QED) is 0.778. The number of pyridine rings is 1. The van der Waals surface area contributed by atoms with Gasteiger partial charge in [-0.1, -0.05) is 0 Å². The molecule has 0 atom stereocenters. The minimum atomic E-state index is -0.309. The summed E-state index contributed by atoms with van der Waals surface area (Å²) in [5.74, 6) is 0. The lowest BCUT2D eigenvalue weighted by Gasteiger charge is -2.18. The van der Waals surface area contributed by atoms with Gasteiger partial charge in [0.25, 0.3) is 0 Å². The van der Waals surface area contributed by atoms with E-state index in [2.05, 4.69) is 20.9 Å². The number of hydrogen-bond donors (Lipinski definition) is 1. The Kier molecular flexibility index (Phi) is 2.30. The van der Waals surface area contributed by atoms with Crippen molar-refractivity contribution in [1.29, 1.82) is 0 Å². The van der Waals surface area contributed by atoms with Gasteiger partial charge in [-0.2, -0.15) is 0 Å². The third kappa shape index (κ3) is 2.27. The molecule has 1 aromatic heterocycles. The van der Waals surface area contributed by atoms with Gasteiger partial charge >= 0.3 is 0 Å². The molecule has 0 bridgehead atoms. The number of rotatable bonds is 1. The van der Waals surface area contributed by atoms with Crippen LogP contribution in [-0.4, -0.2) is 4.98 Å². The van der Waals surface area contributed by atoms with Crippen LogP contribution in [0.3, 0.4) is 0 Å². The van der Waals surface area contributed by atoms with Gasteiger partial charge in [0.05, 0.1) is 0 Å². The normalized spacial score (nSPS) is 11.6. The van der Waals surface area contributed by atoms with Crippen molar-refractivity contribution in [3.63, 3.8) is 0 Å². The molecule has 0 aromatic carbocycles. The van der Waals surface area contributed by atoms with Crippen molar-refractivity contribution in [3.8, 4) is 0 Å². The second-order valence-electron chi connectivity index (χ2n) is 3.11. The summed E-state index contributed by atoms with van der Waals surface area (Å²) < 4.78 is 0.966. The Morgan fingerprint density at radius 3 is 2.45 bits per heavy atom. The lowest BCUT2D eigenvalue weighted by atomic mass is 9.98. The molecular weight excluding hydrogens is 204 g/mol. The fraction of sp³-hybridized carbons (Fsp3) is 0.375. The first kappa shape index (κ1) is 8.68. The number of nitrogens with two attached hydrogens (primary N) is 1. The fourth-order valence-electron chi connectivity index (χ4n) is 0.764. The predicted octanol–water partition coefficient (Wildman–Crippen LogP) is 2.04. The molecule has 2 N–H and O–H groups in total. The maximum atomic E-state index is 5.86. The highest BCUT2D eigenvalue weighted by Crippen LogP contribution is 2.18. The number of hydrogen-bond acceptors (Lipinski definition) is 2. The minimum Gasteiger partial charge on any atom is -0.322 e. The Morgan fingerprint density at radius 1 is 1.45 bits per heavy atom. The topological polar surface area (TPSA) is 38.9 Å². The molecule has 0 radical (unpaired) electrons. The molecule has 0 unspecified atom stereocenters. The highest BCUT2D eigenvalue weighted by atomic mass is 79.9. The summed E-state index contributed by atoms with van der Waals surface area (Å²) in [4.78, 5) is 4.02. The Morgan fingerprint density at radius 2 is 2.09 bits per heavy atom. The largest absolute Gasteiger partial charge is 0.322 e. The summed E-state index contributed by atoms with van der Waals surface area (Å²) >= 11 is 3.34. The molecule has 1 heterocycles. The number of aromatic nitrogens is 1. The van der Waals surface area contributed by atoms with Crippen molar-refractivity contribution in [2.24, 2.45) is 5.73 Å². The second kappa shape index (κ2) is 2.91. The van der Waals surface area contributed by atoms with Crippen molar-refractivity contribution >= 4 is 15.9 Å². The van der Waals surface area contributed by atoms with E-state index in [1.54, 1.807) is 12.4 Å². The maximum absolute atomic E-state index is 5.86. The Balaban J connectivity index is 3.06. The van der Waals surface area contributed by atoms with Crippen molar-refractivity contribution in [2.75, 3.05) is 0 Å². The third-order valence-corrected chi connectivity index (χ3v) is 1.88. The van der Waals surface area contributed by atoms with Gasteiger partial charge in [0.2, 0.25) is 0 Å². The van der Waals surface area contributed by atoms with E-state index in [9.17, 15) is 0 Å². The average Bonchev–Trinajstić information content (AvgIpc) is 1.86. The molecule has 0 saturated carbocycles. The molecule has 0 aliphatic heterocycles. The van der Waals surface area contributed by atoms with Crippen LogP contribution in [0.5, 0.6) is 0 Å². The molecule has 1 aromatic rings. The molecule has 0 aliphatic carbocycles. The monoisotopic (exact) mass is 214 g/mol. The molecule has 3 heteroatoms. The lowest BCUT2D eigenvalue weighted by molar-refractivity contribution is 0.551. The molecule has 0 aliphatic rings. The van der Waals surface area contributed by atoms with Gasteiger partial charge in [-0.15, -0.1) is 0 Å². The number of halogens is 1. The first-order valence-electron chi connectivity index (χ1n) is 3.40. The van der Waals surface area contributed by atoms with Gasteiger partial charge in [0, 0.05) is 22.4 Å². The molecular formula is C8H11BrN2. The van der Waals surface area contributed by atoms with E-state index in [4.69, 9.17) is 5.73 Å². The van der Waals surface area contributed by atoms with E-state index < -0.39 is 0 Å². The van der Waals surface area contributed by atoms with Gasteiger partial charge < -0.3 is 5.73 Å². The van der Waals surface area contributed by atoms with Crippen LogP contribution in [0.1, 0.15) is 19.4 Å². The molecule has 0 amide bonds. The SMILES string of the molecule is CC(C)(N)c1cncc(Br)c1. The zero-order valence-corrected chi connectivity index (χ0v) is 8.22. The van der Waals surface area contributed by atoms with Crippen LogP contribution in [0.2, 0.25) is 0 Å². The Labute approximate surface area is 75.0 Å². The van der Waals surface area contributed by atoms with E-state index >= 15 is 0 Å². The first-order chi connectivity index (χ1) is 5.00. The zero-order valence-electron chi connectivity index (χ0n) is 6.63. The van der Waals surface area contributed by atoms with Crippen LogP contribution < -0.4 is 5.73 Å². The van der Waals surface area contributed by atoms with Crippen LogP contribution in [-0.2, 0) is 5.54 Å². The smallest absolute Gasteiger partial charge is 0.0410 e. The molecule has 60 valence electrons. The standard InChI is InChI=1S/C8H11BrN2/c1-8(2,10)6-3-7(9)5-11-4-6/h3-5H,10H2,1-2H3. The summed E-state index contributed by atoms with van der Waals surface area (Å²) in [6, 6.07) is 1.98. The molecule has 1 rings (SSSR count). The Hall–Kier alpha value is -0.410. The van der Waals surface area contributed by atoms with Gasteiger partial charge in [-0.05, 0) is 41.4 Å². The second-order valence-corrected chi connectivity index (χ2v) is 4.03. The Bertz CT molecular complexity index is 253. The van der Waals surface area contributed by atoms with Crippen molar-refractivity contribution in [3.05, 3.63) is 28.5 Å². The van der Waals surface area contributed by atoms with E-state index in [0.29, 0.717) is 0 Å². The van der Waals surface area contributed by atoms with Gasteiger partial charge in [-0.3, -0.25) is 4.98 Å². The van der Waals surface area contributed by atoms with Gasteiger partial charge in [0.1, 0.15) is 0 Å². The minimum absolute atomic E-state index is 0.309. The lowest BCUT2D eigenvalue weighted by Crippen LogP contribution is -2.28. The molecule has 2 nitrogen and oxygen atoms in total. The van der Waals surface area contributed by atoms with Crippen molar-refractivity contribution in [2.45, 2.75) is 19.4 Å². The summed E-state index contributed by atoms with van der Waals surface area (Å²) in [5.41, 5.74) is 6.59. The first-order valence-corrected chi connectivity index (χ1v) is 4.19. The zero-order chi connectivity index (χ0) is 8.48. The van der Waals surface area contributed by atoms with E-state index in [1.165, 1.54) is 0 Å². The summed E-state index contributed by atoms with van der Waals surface area (Å²) in [6.45, 7) is 3.91. The molecule has 0 fully saturated rings. The van der Waals surface area contributed by atoms with E-state index in [-0.39, 0.29) is 5.54 Å². The van der Waals surface area contributed by atoms with Crippen LogP contribution in [0.25, 0.3) is 0 Å². The average molecular weight is 215 g/mol. The van der Waals surface area contributed by atoms with Gasteiger partial charge in [0.15, 0.2) is 0 Å². The molecule has 0 spiro atoms. The number of nitrogens with zero attached hydrogens (tertiary/aromatic N) is 1. The van der Waals surface area contributed by atoms with Crippen molar-refractivity contribution in [1.82, 2.24) is 4.98 Å². The van der Waals surface area contributed by atoms with Crippen LogP contribution in [0.4, 0.5) is 0 Å². The molecule has 11 heavy (non-hydrogen) atoms. The highest BCUT2D eigenvalue weighted by Gasteiger charge is 2.13.